The summed E-state index contributed by atoms with van der Waals surface area (Å²) in [6.07, 6.45) is 5.22. The number of rotatable bonds is 10. The molecule has 0 bridgehead atoms. The first kappa shape index (κ1) is 22.5. The lowest BCUT2D eigenvalue weighted by atomic mass is 9.99. The van der Waals surface area contributed by atoms with Crippen molar-refractivity contribution in [2.45, 2.75) is 37.7 Å². The monoisotopic (exact) mass is 456 g/mol. The second kappa shape index (κ2) is 9.45. The molecule has 1 fully saturated rings. The average Bonchev–Trinajstić information content (AvgIpc) is 3.47. The van der Waals surface area contributed by atoms with E-state index in [2.05, 4.69) is 0 Å². The predicted octanol–water partition coefficient (Wildman–Crippen LogP) is 4.71. The van der Waals surface area contributed by atoms with E-state index in [1.165, 1.54) is 0 Å². The molecular formula is C25H28O6S. The summed E-state index contributed by atoms with van der Waals surface area (Å²) >= 11 is 1.62. The number of ether oxygens (including phenoxy) is 4. The Hall–Kier alpha value is -2.67. The van der Waals surface area contributed by atoms with Gasteiger partial charge >= 0.3 is 5.97 Å². The Balaban J connectivity index is 1.62. The van der Waals surface area contributed by atoms with E-state index in [1.807, 2.05) is 36.6 Å². The fourth-order valence-corrected chi connectivity index (χ4v) is 4.36. The summed E-state index contributed by atoms with van der Waals surface area (Å²) in [5.41, 5.74) is 3.05. The van der Waals surface area contributed by atoms with Crippen molar-refractivity contribution >= 4 is 23.5 Å². The van der Waals surface area contributed by atoms with Gasteiger partial charge in [0.05, 0.1) is 20.6 Å². The molecule has 0 unspecified atom stereocenters. The van der Waals surface area contributed by atoms with Gasteiger partial charge in [-0.25, -0.2) is 0 Å². The van der Waals surface area contributed by atoms with E-state index in [4.69, 9.17) is 18.9 Å². The van der Waals surface area contributed by atoms with Gasteiger partial charge in [-0.1, -0.05) is 18.2 Å². The Morgan fingerprint density at radius 2 is 1.81 bits per heavy atom. The second-order valence-corrected chi connectivity index (χ2v) is 9.15. The van der Waals surface area contributed by atoms with Crippen LogP contribution in [0.3, 0.4) is 0 Å². The van der Waals surface area contributed by atoms with Crippen LogP contribution in [0.4, 0.5) is 0 Å². The zero-order chi connectivity index (χ0) is 22.7. The number of aryl methyl sites for hydroxylation is 1. The molecule has 0 atom stereocenters. The Bertz CT molecular complexity index is 1030. The Kier molecular flexibility index (Phi) is 6.65. The van der Waals surface area contributed by atoms with Crippen molar-refractivity contribution in [1.82, 2.24) is 0 Å². The lowest BCUT2D eigenvalue weighted by Crippen LogP contribution is -2.27. The molecule has 2 aliphatic rings. The zero-order valence-electron chi connectivity index (χ0n) is 18.7. The fourth-order valence-electron chi connectivity index (χ4n) is 3.99. The van der Waals surface area contributed by atoms with Gasteiger partial charge < -0.3 is 18.9 Å². The van der Waals surface area contributed by atoms with Crippen LogP contribution in [-0.4, -0.2) is 50.2 Å². The minimum Gasteiger partial charge on any atom is -0.493 e. The number of methoxy groups -OCH3 is 2. The number of benzene rings is 2. The van der Waals surface area contributed by atoms with Crippen LogP contribution >= 0.6 is 11.8 Å². The molecule has 1 saturated carbocycles. The van der Waals surface area contributed by atoms with Crippen molar-refractivity contribution in [3.63, 3.8) is 0 Å². The Morgan fingerprint density at radius 3 is 2.50 bits per heavy atom. The molecule has 0 heterocycles. The molecule has 0 saturated heterocycles. The highest BCUT2D eigenvalue weighted by molar-refractivity contribution is 7.98. The third-order valence-electron chi connectivity index (χ3n) is 5.97. The van der Waals surface area contributed by atoms with Gasteiger partial charge in [-0.15, -0.1) is 0 Å². The van der Waals surface area contributed by atoms with Crippen molar-refractivity contribution in [3.8, 4) is 28.4 Å². The number of fused-ring (bicyclic) bond motifs is 1. The van der Waals surface area contributed by atoms with Crippen LogP contribution in [0, 0.1) is 0 Å². The summed E-state index contributed by atoms with van der Waals surface area (Å²) in [7, 11) is 3.16. The van der Waals surface area contributed by atoms with Crippen molar-refractivity contribution < 1.29 is 28.5 Å². The number of ketones is 1. The van der Waals surface area contributed by atoms with E-state index in [9.17, 15) is 9.59 Å². The highest BCUT2D eigenvalue weighted by atomic mass is 32.2. The van der Waals surface area contributed by atoms with Crippen LogP contribution in [0.25, 0.3) is 11.1 Å². The predicted molar refractivity (Wildman–Crippen MR) is 124 cm³/mol. The van der Waals surface area contributed by atoms with Gasteiger partial charge in [0.15, 0.2) is 17.3 Å². The molecule has 2 aliphatic carbocycles. The van der Waals surface area contributed by atoms with Crippen LogP contribution < -0.4 is 14.2 Å². The quantitative estimate of drug-likeness (QED) is 0.480. The molecule has 32 heavy (non-hydrogen) atoms. The van der Waals surface area contributed by atoms with Crippen molar-refractivity contribution in [3.05, 3.63) is 41.5 Å². The first-order valence-corrected chi connectivity index (χ1v) is 12.1. The summed E-state index contributed by atoms with van der Waals surface area (Å²) in [6.45, 7) is 0.248. The minimum atomic E-state index is -0.578. The summed E-state index contributed by atoms with van der Waals surface area (Å²) in [5.74, 6) is 2.33. The Labute approximate surface area is 192 Å². The molecule has 0 radical (unpaired) electrons. The van der Waals surface area contributed by atoms with E-state index >= 15 is 0 Å². The molecular weight excluding hydrogens is 428 g/mol. The van der Waals surface area contributed by atoms with E-state index in [0.717, 1.165) is 47.3 Å². The molecule has 2 aromatic carbocycles. The number of carbonyl (C=O) groups is 2. The molecule has 170 valence electrons. The number of hydrogen-bond acceptors (Lipinski definition) is 7. The first-order valence-electron chi connectivity index (χ1n) is 10.8. The molecule has 6 nitrogen and oxygen atoms in total. The van der Waals surface area contributed by atoms with Crippen molar-refractivity contribution in [2.24, 2.45) is 0 Å². The lowest BCUT2D eigenvalue weighted by molar-refractivity contribution is -0.152. The minimum absolute atomic E-state index is 0.189. The summed E-state index contributed by atoms with van der Waals surface area (Å²) in [5, 5.41) is 0. The van der Waals surface area contributed by atoms with Crippen LogP contribution in [-0.2, 0) is 16.0 Å². The summed E-state index contributed by atoms with van der Waals surface area (Å²) in [4.78, 5) is 24.2. The molecule has 0 amide bonds. The standard InChI is InChI=1S/C25H28O6S/c1-28-21-9-7-19(17-4-6-18-16(14-17)5-8-20(18)26)23(24(21)29-2)30-15-25(11-12-25)31-22(27)10-13-32-3/h4,6-7,9,14H,5,8,10-13,15H2,1-3H3. The molecule has 0 aromatic heterocycles. The number of carbonyl (C=O) groups excluding carboxylic acids is 2. The normalized spacial score (nSPS) is 15.8. The highest BCUT2D eigenvalue weighted by Gasteiger charge is 2.48. The maximum atomic E-state index is 12.2. The largest absolute Gasteiger partial charge is 0.493 e. The molecule has 0 N–H and O–H groups in total. The van der Waals surface area contributed by atoms with E-state index < -0.39 is 5.60 Å². The van der Waals surface area contributed by atoms with Gasteiger partial charge in [0.1, 0.15) is 12.2 Å². The average molecular weight is 457 g/mol. The number of esters is 1. The molecule has 0 spiro atoms. The first-order chi connectivity index (χ1) is 15.5. The fraction of sp³-hybridized carbons (Fsp3) is 0.440. The van der Waals surface area contributed by atoms with E-state index in [-0.39, 0.29) is 18.4 Å². The van der Waals surface area contributed by atoms with Crippen molar-refractivity contribution in [1.29, 1.82) is 0 Å². The maximum Gasteiger partial charge on any atom is 0.307 e. The topological polar surface area (TPSA) is 71.1 Å². The van der Waals surface area contributed by atoms with E-state index in [0.29, 0.717) is 30.1 Å². The number of hydrogen-bond donors (Lipinski definition) is 0. The zero-order valence-corrected chi connectivity index (χ0v) is 19.5. The summed E-state index contributed by atoms with van der Waals surface area (Å²) < 4.78 is 23.1. The number of thioether (sulfide) groups is 1. The van der Waals surface area contributed by atoms with Crippen molar-refractivity contribution in [2.75, 3.05) is 32.8 Å². The van der Waals surface area contributed by atoms with Crippen LogP contribution in [0.2, 0.25) is 0 Å². The molecule has 4 rings (SSSR count). The smallest absolute Gasteiger partial charge is 0.307 e. The third kappa shape index (κ3) is 4.58. The lowest BCUT2D eigenvalue weighted by Gasteiger charge is -2.22. The highest BCUT2D eigenvalue weighted by Crippen LogP contribution is 2.47. The van der Waals surface area contributed by atoms with Gasteiger partial charge in [-0.3, -0.25) is 9.59 Å². The summed E-state index contributed by atoms with van der Waals surface area (Å²) in [6, 6.07) is 9.64. The second-order valence-electron chi connectivity index (χ2n) is 8.16. The van der Waals surface area contributed by atoms with Gasteiger partial charge in [-0.2, -0.15) is 11.8 Å². The molecule has 2 aromatic rings. The SMILES string of the molecule is COc1ccc(-c2ccc3c(c2)CCC3=O)c(OCC2(OC(=O)CCSC)CC2)c1OC. The third-order valence-corrected chi connectivity index (χ3v) is 6.58. The van der Waals surface area contributed by atoms with Gasteiger partial charge in [-0.05, 0) is 48.8 Å². The van der Waals surface area contributed by atoms with E-state index in [1.54, 1.807) is 26.0 Å². The molecule has 0 aliphatic heterocycles. The van der Waals surface area contributed by atoms with Crippen LogP contribution in [0.5, 0.6) is 17.2 Å². The van der Waals surface area contributed by atoms with Crippen LogP contribution in [0.1, 0.15) is 41.6 Å². The van der Waals surface area contributed by atoms with Crippen LogP contribution in [0.15, 0.2) is 30.3 Å². The van der Waals surface area contributed by atoms with Gasteiger partial charge in [0.25, 0.3) is 0 Å². The number of Topliss-reactive ketones (excluding diaryl/α,β-unsaturated/α-hetero) is 1. The molecule has 7 heteroatoms. The Morgan fingerprint density at radius 1 is 1.03 bits per heavy atom. The van der Waals surface area contributed by atoms with Gasteiger partial charge in [0, 0.05) is 23.3 Å². The maximum absolute atomic E-state index is 12.2. The van der Waals surface area contributed by atoms with Gasteiger partial charge in [0.2, 0.25) is 5.75 Å².